The first-order chi connectivity index (χ1) is 6.18. The van der Waals surface area contributed by atoms with Crippen LogP contribution in [-0.4, -0.2) is 12.3 Å². The van der Waals surface area contributed by atoms with E-state index in [9.17, 15) is 0 Å². The van der Waals surface area contributed by atoms with Crippen molar-refractivity contribution in [3.8, 4) is 0 Å². The van der Waals surface area contributed by atoms with E-state index < -0.39 is 0 Å². The third-order valence-electron chi connectivity index (χ3n) is 3.76. The predicted octanol–water partition coefficient (Wildman–Crippen LogP) is 2.26. The maximum Gasteiger partial charge on any atom is 0.0412 e. The molecule has 4 unspecified atom stereocenters. The first kappa shape index (κ1) is 9.04. The summed E-state index contributed by atoms with van der Waals surface area (Å²) >= 11 is 0. The number of nitrogens with zero attached hydrogens (tertiary/aromatic N) is 1. The molecule has 0 aromatic carbocycles. The molecule has 0 heterocycles. The third kappa shape index (κ3) is 1.87. The zero-order valence-electron chi connectivity index (χ0n) is 8.88. The molecule has 0 spiro atoms. The van der Waals surface area contributed by atoms with Crippen molar-refractivity contribution in [2.45, 2.75) is 33.6 Å². The van der Waals surface area contributed by atoms with E-state index >= 15 is 0 Å². The van der Waals surface area contributed by atoms with Gasteiger partial charge >= 0.3 is 0 Å². The third-order valence-corrected chi connectivity index (χ3v) is 3.76. The van der Waals surface area contributed by atoms with Crippen LogP contribution >= 0.6 is 0 Å². The van der Waals surface area contributed by atoms with Crippen LogP contribution in [0.1, 0.15) is 33.6 Å². The van der Waals surface area contributed by atoms with E-state index in [1.807, 2.05) is 0 Å². The molecule has 13 heavy (non-hydrogen) atoms. The van der Waals surface area contributed by atoms with Crippen molar-refractivity contribution < 1.29 is 0 Å². The summed E-state index contributed by atoms with van der Waals surface area (Å²) in [6.07, 6.45) is 2.60. The van der Waals surface area contributed by atoms with Gasteiger partial charge in [-0.15, -0.1) is 0 Å². The van der Waals surface area contributed by atoms with Gasteiger partial charge in [0.05, 0.1) is 0 Å². The smallest absolute Gasteiger partial charge is 0.0412 e. The highest BCUT2D eigenvalue weighted by molar-refractivity contribution is 5.92. The van der Waals surface area contributed by atoms with E-state index in [2.05, 4.69) is 31.3 Å². The molecule has 0 aromatic rings. The minimum atomic E-state index is 0.712. The topological polar surface area (TPSA) is 24.4 Å². The summed E-state index contributed by atoms with van der Waals surface area (Å²) in [6.45, 7) is 7.97. The van der Waals surface area contributed by atoms with Crippen molar-refractivity contribution in [3.63, 3.8) is 0 Å². The van der Waals surface area contributed by atoms with Gasteiger partial charge < -0.3 is 5.43 Å². The highest BCUT2D eigenvalue weighted by Crippen LogP contribution is 2.37. The molecule has 2 heteroatoms. The van der Waals surface area contributed by atoms with Crippen LogP contribution in [0.3, 0.4) is 0 Å². The van der Waals surface area contributed by atoms with Gasteiger partial charge in [-0.1, -0.05) is 20.8 Å². The van der Waals surface area contributed by atoms with Crippen LogP contribution in [0.15, 0.2) is 5.10 Å². The Morgan fingerprint density at radius 3 is 2.46 bits per heavy atom. The molecule has 74 valence electrons. The number of rotatable bonds is 3. The van der Waals surface area contributed by atoms with E-state index in [4.69, 9.17) is 0 Å². The maximum atomic E-state index is 4.44. The van der Waals surface area contributed by atoms with Gasteiger partial charge in [0.25, 0.3) is 0 Å². The largest absolute Gasteiger partial charge is 0.310 e. The van der Waals surface area contributed by atoms with Crippen molar-refractivity contribution in [1.82, 2.24) is 5.43 Å². The van der Waals surface area contributed by atoms with Crippen molar-refractivity contribution in [2.24, 2.45) is 28.8 Å². The molecule has 0 aromatic heterocycles. The summed E-state index contributed by atoms with van der Waals surface area (Å²) in [5.74, 6) is 3.40. The summed E-state index contributed by atoms with van der Waals surface area (Å²) in [4.78, 5) is 0. The summed E-state index contributed by atoms with van der Waals surface area (Å²) in [6, 6.07) is 0. The Morgan fingerprint density at radius 2 is 2.00 bits per heavy atom. The standard InChI is InChI=1S/C11H20N2/c1-7-5-11(9(7)3)13-12-6-10-4-8(10)2/h7-10,12H,4-6H2,1-3H3/b13-11+. The highest BCUT2D eigenvalue weighted by Gasteiger charge is 2.33. The van der Waals surface area contributed by atoms with E-state index in [-0.39, 0.29) is 0 Å². The van der Waals surface area contributed by atoms with Crippen LogP contribution in [0.4, 0.5) is 0 Å². The lowest BCUT2D eigenvalue weighted by molar-refractivity contribution is 0.412. The second-order valence-electron chi connectivity index (χ2n) is 4.91. The first-order valence-electron chi connectivity index (χ1n) is 5.47. The Balaban J connectivity index is 1.67. The quantitative estimate of drug-likeness (QED) is 0.662. The van der Waals surface area contributed by atoms with Crippen molar-refractivity contribution >= 4 is 5.71 Å². The van der Waals surface area contributed by atoms with Crippen LogP contribution in [-0.2, 0) is 0 Å². The normalized spacial score (nSPS) is 45.9. The molecule has 2 saturated carbocycles. The summed E-state index contributed by atoms with van der Waals surface area (Å²) in [5, 5.41) is 4.44. The van der Waals surface area contributed by atoms with Crippen LogP contribution in [0.5, 0.6) is 0 Å². The average molecular weight is 180 g/mol. The number of hydrogen-bond donors (Lipinski definition) is 1. The Labute approximate surface area is 80.8 Å². The van der Waals surface area contributed by atoms with Crippen LogP contribution in [0, 0.1) is 23.7 Å². The summed E-state index contributed by atoms with van der Waals surface area (Å²) < 4.78 is 0. The van der Waals surface area contributed by atoms with Crippen LogP contribution in [0.2, 0.25) is 0 Å². The zero-order chi connectivity index (χ0) is 9.42. The van der Waals surface area contributed by atoms with E-state index in [0.717, 1.165) is 24.3 Å². The van der Waals surface area contributed by atoms with Crippen molar-refractivity contribution in [3.05, 3.63) is 0 Å². The molecule has 0 bridgehead atoms. The van der Waals surface area contributed by atoms with Crippen molar-refractivity contribution in [2.75, 3.05) is 6.54 Å². The lowest BCUT2D eigenvalue weighted by atomic mass is 9.74. The molecule has 0 radical (unpaired) electrons. The number of hydrazone groups is 1. The Kier molecular flexibility index (Phi) is 2.31. The molecule has 0 aliphatic heterocycles. The van der Waals surface area contributed by atoms with Gasteiger partial charge in [0.1, 0.15) is 0 Å². The first-order valence-corrected chi connectivity index (χ1v) is 5.47. The van der Waals surface area contributed by atoms with Crippen LogP contribution < -0.4 is 5.43 Å². The lowest BCUT2D eigenvalue weighted by Crippen LogP contribution is -2.34. The SMILES string of the molecule is CC1CC1CN/N=C1\CC(C)C1C. The molecular formula is C11H20N2. The molecule has 2 aliphatic rings. The van der Waals surface area contributed by atoms with Gasteiger partial charge in [-0.2, -0.15) is 5.10 Å². The number of hydrogen-bond acceptors (Lipinski definition) is 2. The zero-order valence-corrected chi connectivity index (χ0v) is 8.88. The summed E-state index contributed by atoms with van der Waals surface area (Å²) in [5.41, 5.74) is 4.59. The fraction of sp³-hybridized carbons (Fsp3) is 0.909. The van der Waals surface area contributed by atoms with Gasteiger partial charge in [0.2, 0.25) is 0 Å². The van der Waals surface area contributed by atoms with Gasteiger partial charge in [-0.25, -0.2) is 0 Å². The lowest BCUT2D eigenvalue weighted by Gasteiger charge is -2.32. The Morgan fingerprint density at radius 1 is 1.31 bits per heavy atom. The molecule has 2 rings (SSSR count). The molecule has 2 nitrogen and oxygen atoms in total. The van der Waals surface area contributed by atoms with E-state index in [0.29, 0.717) is 5.92 Å². The second kappa shape index (κ2) is 3.32. The highest BCUT2D eigenvalue weighted by atomic mass is 15.3. The fourth-order valence-corrected chi connectivity index (χ4v) is 1.96. The predicted molar refractivity (Wildman–Crippen MR) is 55.7 cm³/mol. The summed E-state index contributed by atoms with van der Waals surface area (Å²) in [7, 11) is 0. The molecule has 1 N–H and O–H groups in total. The molecule has 4 atom stereocenters. The van der Waals surface area contributed by atoms with E-state index in [1.165, 1.54) is 18.6 Å². The molecule has 2 aliphatic carbocycles. The minimum Gasteiger partial charge on any atom is -0.310 e. The fourth-order valence-electron chi connectivity index (χ4n) is 1.96. The molecular weight excluding hydrogens is 160 g/mol. The minimum absolute atomic E-state index is 0.712. The Hall–Kier alpha value is -0.530. The van der Waals surface area contributed by atoms with Crippen LogP contribution in [0.25, 0.3) is 0 Å². The van der Waals surface area contributed by atoms with Crippen molar-refractivity contribution in [1.29, 1.82) is 0 Å². The van der Waals surface area contributed by atoms with Gasteiger partial charge in [-0.3, -0.25) is 0 Å². The maximum absolute atomic E-state index is 4.44. The van der Waals surface area contributed by atoms with E-state index in [1.54, 1.807) is 0 Å². The van der Waals surface area contributed by atoms with Gasteiger partial charge in [0.15, 0.2) is 0 Å². The van der Waals surface area contributed by atoms with Gasteiger partial charge in [-0.05, 0) is 36.5 Å². The molecule has 0 amide bonds. The monoisotopic (exact) mass is 180 g/mol. The van der Waals surface area contributed by atoms with Gasteiger partial charge in [0, 0.05) is 12.3 Å². The number of nitrogens with one attached hydrogen (secondary N) is 1. The second-order valence-corrected chi connectivity index (χ2v) is 4.91. The molecule has 2 fully saturated rings. The molecule has 0 saturated heterocycles. The average Bonchev–Trinajstić information content (AvgIpc) is 2.80. The Bertz CT molecular complexity index is 222.